The average Bonchev–Trinajstić information content (AvgIpc) is 3.25. The maximum absolute atomic E-state index is 13.2. The van der Waals surface area contributed by atoms with Crippen molar-refractivity contribution in [1.82, 2.24) is 4.98 Å². The number of primary amides is 1. The largest absolute Gasteiger partial charge is 0.443 e. The minimum atomic E-state index is -0.558. The maximum atomic E-state index is 13.2. The Morgan fingerprint density at radius 3 is 2.68 bits per heavy atom. The lowest BCUT2D eigenvalue weighted by molar-refractivity contribution is 0.0996. The van der Waals surface area contributed by atoms with Gasteiger partial charge in [0.15, 0.2) is 17.8 Å². The number of benzene rings is 2. The number of oxazole rings is 1. The van der Waals surface area contributed by atoms with Crippen molar-refractivity contribution in [2.45, 2.75) is 32.2 Å². The summed E-state index contributed by atoms with van der Waals surface area (Å²) in [6, 6.07) is 11.0. The van der Waals surface area contributed by atoms with Gasteiger partial charge in [0.1, 0.15) is 5.82 Å². The fourth-order valence-electron chi connectivity index (χ4n) is 3.92. The smallest absolute Gasteiger partial charge is 0.278 e. The monoisotopic (exact) mass is 422 g/mol. The van der Waals surface area contributed by atoms with Crippen LogP contribution in [0.15, 0.2) is 53.3 Å². The van der Waals surface area contributed by atoms with Gasteiger partial charge in [0, 0.05) is 29.5 Å². The molecule has 3 N–H and O–H groups in total. The van der Waals surface area contributed by atoms with Gasteiger partial charge in [-0.2, -0.15) is 0 Å². The number of carbonyl (C=O) groups excluding carboxylic acids is 2. The molecule has 8 heteroatoms. The summed E-state index contributed by atoms with van der Waals surface area (Å²) in [6.45, 7) is 2.98. The number of nitrogens with one attached hydrogen (secondary N) is 1. The topological polar surface area (TPSA) is 101 Å². The molecule has 0 saturated carbocycles. The fourth-order valence-corrected chi connectivity index (χ4v) is 3.92. The van der Waals surface area contributed by atoms with Crippen molar-refractivity contribution in [1.29, 1.82) is 0 Å². The molecule has 31 heavy (non-hydrogen) atoms. The Morgan fingerprint density at radius 2 is 1.97 bits per heavy atom. The summed E-state index contributed by atoms with van der Waals surface area (Å²) in [6.07, 6.45) is 4.42. The van der Waals surface area contributed by atoms with Crippen molar-refractivity contribution in [3.05, 3.63) is 65.9 Å². The summed E-state index contributed by atoms with van der Waals surface area (Å²) in [5, 5.41) is 2.74. The van der Waals surface area contributed by atoms with Crippen LogP contribution in [0.5, 0.6) is 0 Å². The standard InChI is InChI=1S/C23H23FN4O3/c1-14-4-2-3-11-28(14)19-10-9-17(12-18(19)22(25)29)27-23(30)20-21(31-13-26-20)15-5-7-16(24)8-6-15/h5-10,12-14H,2-4,11H2,1H3,(H2,25,29)(H,27,30)/t14-/m1/s1. The minimum Gasteiger partial charge on any atom is -0.443 e. The predicted molar refractivity (Wildman–Crippen MR) is 115 cm³/mol. The molecule has 1 aliphatic heterocycles. The van der Waals surface area contributed by atoms with Crippen LogP contribution in [-0.4, -0.2) is 29.4 Å². The Hall–Kier alpha value is -3.68. The average molecular weight is 422 g/mol. The van der Waals surface area contributed by atoms with Gasteiger partial charge in [-0.25, -0.2) is 9.37 Å². The second kappa shape index (κ2) is 8.59. The zero-order valence-electron chi connectivity index (χ0n) is 17.1. The molecule has 2 heterocycles. The van der Waals surface area contributed by atoms with E-state index < -0.39 is 17.6 Å². The summed E-state index contributed by atoms with van der Waals surface area (Å²) in [5.74, 6) is -1.23. The van der Waals surface area contributed by atoms with Gasteiger partial charge in [-0.1, -0.05) is 0 Å². The van der Waals surface area contributed by atoms with Crippen LogP contribution in [-0.2, 0) is 0 Å². The molecule has 7 nitrogen and oxygen atoms in total. The van der Waals surface area contributed by atoms with E-state index in [0.717, 1.165) is 37.9 Å². The minimum absolute atomic E-state index is 0.0564. The third-order valence-electron chi connectivity index (χ3n) is 5.52. The highest BCUT2D eigenvalue weighted by atomic mass is 19.1. The highest BCUT2D eigenvalue weighted by Gasteiger charge is 2.24. The molecule has 1 aliphatic rings. The van der Waals surface area contributed by atoms with E-state index in [-0.39, 0.29) is 11.5 Å². The summed E-state index contributed by atoms with van der Waals surface area (Å²) in [7, 11) is 0. The molecule has 0 spiro atoms. The van der Waals surface area contributed by atoms with Gasteiger partial charge in [-0.3, -0.25) is 9.59 Å². The molecule has 2 aromatic carbocycles. The van der Waals surface area contributed by atoms with Crippen LogP contribution < -0.4 is 16.0 Å². The summed E-state index contributed by atoms with van der Waals surface area (Å²) < 4.78 is 18.5. The third kappa shape index (κ3) is 4.28. The van der Waals surface area contributed by atoms with Gasteiger partial charge in [0.05, 0.1) is 5.56 Å². The van der Waals surface area contributed by atoms with Crippen LogP contribution in [0.4, 0.5) is 15.8 Å². The lowest BCUT2D eigenvalue weighted by Crippen LogP contribution is -2.38. The number of rotatable bonds is 5. The number of nitrogens with zero attached hydrogens (tertiary/aromatic N) is 2. The van der Waals surface area contributed by atoms with E-state index in [1.165, 1.54) is 24.3 Å². The van der Waals surface area contributed by atoms with Crippen LogP contribution >= 0.6 is 0 Å². The molecular formula is C23H23FN4O3. The van der Waals surface area contributed by atoms with Crippen molar-refractivity contribution < 1.29 is 18.4 Å². The van der Waals surface area contributed by atoms with Crippen molar-refractivity contribution in [2.24, 2.45) is 5.73 Å². The molecule has 1 saturated heterocycles. The number of hydrogen-bond acceptors (Lipinski definition) is 5. The van der Waals surface area contributed by atoms with Crippen LogP contribution in [0, 0.1) is 5.82 Å². The summed E-state index contributed by atoms with van der Waals surface area (Å²) in [4.78, 5) is 31.1. The van der Waals surface area contributed by atoms with Crippen LogP contribution in [0.25, 0.3) is 11.3 Å². The van der Waals surface area contributed by atoms with Crippen LogP contribution in [0.3, 0.4) is 0 Å². The van der Waals surface area contributed by atoms with Crippen LogP contribution in [0.1, 0.15) is 47.0 Å². The molecule has 0 radical (unpaired) electrons. The zero-order valence-corrected chi connectivity index (χ0v) is 17.1. The van der Waals surface area contributed by atoms with Gasteiger partial charge in [0.2, 0.25) is 0 Å². The summed E-state index contributed by atoms with van der Waals surface area (Å²) in [5.41, 5.74) is 7.76. The number of aromatic nitrogens is 1. The molecule has 0 unspecified atom stereocenters. The van der Waals surface area contributed by atoms with E-state index in [9.17, 15) is 14.0 Å². The first-order valence-electron chi connectivity index (χ1n) is 10.2. The molecule has 1 atom stereocenters. The molecule has 0 bridgehead atoms. The number of hydrogen-bond donors (Lipinski definition) is 2. The quantitative estimate of drug-likeness (QED) is 0.641. The lowest BCUT2D eigenvalue weighted by atomic mass is 10.0. The molecule has 160 valence electrons. The number of piperidine rings is 1. The number of anilines is 2. The highest BCUT2D eigenvalue weighted by molar-refractivity contribution is 6.07. The van der Waals surface area contributed by atoms with E-state index in [0.29, 0.717) is 22.9 Å². The van der Waals surface area contributed by atoms with Gasteiger partial charge in [-0.05, 0) is 68.7 Å². The Labute approximate surface area is 179 Å². The highest BCUT2D eigenvalue weighted by Crippen LogP contribution is 2.30. The predicted octanol–water partition coefficient (Wildman–Crippen LogP) is 4.21. The molecule has 4 rings (SSSR count). The van der Waals surface area contributed by atoms with Crippen molar-refractivity contribution in [2.75, 3.05) is 16.8 Å². The van der Waals surface area contributed by atoms with Crippen molar-refractivity contribution >= 4 is 23.2 Å². The first-order chi connectivity index (χ1) is 14.9. The van der Waals surface area contributed by atoms with Crippen LogP contribution in [0.2, 0.25) is 0 Å². The van der Waals surface area contributed by atoms with Gasteiger partial charge in [-0.15, -0.1) is 0 Å². The van der Waals surface area contributed by atoms with E-state index in [1.807, 2.05) is 0 Å². The first-order valence-corrected chi connectivity index (χ1v) is 10.2. The number of nitrogens with two attached hydrogens (primary N) is 1. The number of amides is 2. The van der Waals surface area contributed by atoms with E-state index in [2.05, 4.69) is 22.1 Å². The molecule has 2 amide bonds. The Morgan fingerprint density at radius 1 is 1.19 bits per heavy atom. The number of halogens is 1. The fraction of sp³-hybridized carbons (Fsp3) is 0.261. The lowest BCUT2D eigenvalue weighted by Gasteiger charge is -2.36. The SMILES string of the molecule is C[C@@H]1CCCCN1c1ccc(NC(=O)c2ncoc2-c2ccc(F)cc2)cc1C(N)=O. The Kier molecular flexibility index (Phi) is 5.70. The van der Waals surface area contributed by atoms with E-state index in [4.69, 9.17) is 10.2 Å². The Balaban J connectivity index is 1.59. The van der Waals surface area contributed by atoms with Gasteiger partial charge < -0.3 is 20.4 Å². The summed E-state index contributed by atoms with van der Waals surface area (Å²) >= 11 is 0. The van der Waals surface area contributed by atoms with Crippen molar-refractivity contribution in [3.63, 3.8) is 0 Å². The molecule has 1 fully saturated rings. The molecule has 3 aromatic rings. The van der Waals surface area contributed by atoms with E-state index >= 15 is 0 Å². The maximum Gasteiger partial charge on any atom is 0.278 e. The normalized spacial score (nSPS) is 16.2. The first kappa shape index (κ1) is 20.6. The van der Waals surface area contributed by atoms with E-state index in [1.54, 1.807) is 18.2 Å². The number of carbonyl (C=O) groups is 2. The molecule has 0 aliphatic carbocycles. The van der Waals surface area contributed by atoms with Gasteiger partial charge in [0.25, 0.3) is 11.8 Å². The molecular weight excluding hydrogens is 399 g/mol. The zero-order chi connectivity index (χ0) is 22.0. The molecule has 1 aromatic heterocycles. The second-order valence-electron chi connectivity index (χ2n) is 7.63. The van der Waals surface area contributed by atoms with Crippen molar-refractivity contribution in [3.8, 4) is 11.3 Å². The second-order valence-corrected chi connectivity index (χ2v) is 7.63. The Bertz CT molecular complexity index is 1110. The van der Waals surface area contributed by atoms with Gasteiger partial charge >= 0.3 is 0 Å². The third-order valence-corrected chi connectivity index (χ3v) is 5.52.